The van der Waals surface area contributed by atoms with Gasteiger partial charge in [0.1, 0.15) is 11.6 Å². The van der Waals surface area contributed by atoms with E-state index in [1.807, 2.05) is 6.92 Å². The molecule has 6 heteroatoms. The Labute approximate surface area is 121 Å². The van der Waals surface area contributed by atoms with Crippen molar-refractivity contribution in [3.63, 3.8) is 0 Å². The van der Waals surface area contributed by atoms with E-state index < -0.39 is 35.3 Å². The summed E-state index contributed by atoms with van der Waals surface area (Å²) in [6, 6.07) is 2.76. The first kappa shape index (κ1) is 15.4. The molecular weight excluding hydrogens is 280 g/mol. The third-order valence-corrected chi connectivity index (χ3v) is 4.08. The van der Waals surface area contributed by atoms with Crippen molar-refractivity contribution in [2.24, 2.45) is 17.8 Å². The zero-order valence-corrected chi connectivity index (χ0v) is 11.6. The molecule has 1 saturated carbocycles. The van der Waals surface area contributed by atoms with Crippen molar-refractivity contribution in [3.05, 3.63) is 29.8 Å². The largest absolute Gasteiger partial charge is 0.481 e. The highest BCUT2D eigenvalue weighted by Gasteiger charge is 2.42. The molecule has 0 aromatic heterocycles. The second-order valence-corrected chi connectivity index (χ2v) is 5.41. The lowest BCUT2D eigenvalue weighted by molar-refractivity contribution is -0.145. The van der Waals surface area contributed by atoms with Gasteiger partial charge >= 0.3 is 5.97 Å². The predicted octanol–water partition coefficient (Wildman–Crippen LogP) is 3.04. The number of benzene rings is 1. The SMILES string of the molecule is CCC1C[C@H](C(=O)Nc2cc(F)ccc2F)[C@H](C(=O)O)C1. The predicted molar refractivity (Wildman–Crippen MR) is 72.6 cm³/mol. The molecule has 1 amide bonds. The first-order valence-corrected chi connectivity index (χ1v) is 6.91. The van der Waals surface area contributed by atoms with E-state index in [2.05, 4.69) is 5.32 Å². The van der Waals surface area contributed by atoms with Crippen LogP contribution < -0.4 is 5.32 Å². The summed E-state index contributed by atoms with van der Waals surface area (Å²) in [5.74, 6) is -4.32. The number of amides is 1. The minimum Gasteiger partial charge on any atom is -0.481 e. The van der Waals surface area contributed by atoms with Gasteiger partial charge in [0.15, 0.2) is 0 Å². The van der Waals surface area contributed by atoms with Crippen LogP contribution in [0.4, 0.5) is 14.5 Å². The van der Waals surface area contributed by atoms with E-state index in [-0.39, 0.29) is 11.6 Å². The Balaban J connectivity index is 2.15. The highest BCUT2D eigenvalue weighted by Crippen LogP contribution is 2.39. The lowest BCUT2D eigenvalue weighted by Gasteiger charge is -2.15. The van der Waals surface area contributed by atoms with E-state index in [9.17, 15) is 23.5 Å². The molecule has 1 aromatic carbocycles. The summed E-state index contributed by atoms with van der Waals surface area (Å²) in [5, 5.41) is 11.5. The Hall–Kier alpha value is -1.98. The maximum absolute atomic E-state index is 13.5. The summed E-state index contributed by atoms with van der Waals surface area (Å²) in [4.78, 5) is 23.4. The molecule has 0 heterocycles. The van der Waals surface area contributed by atoms with Crippen molar-refractivity contribution in [2.45, 2.75) is 26.2 Å². The summed E-state index contributed by atoms with van der Waals surface area (Å²) >= 11 is 0. The van der Waals surface area contributed by atoms with E-state index in [1.165, 1.54) is 0 Å². The number of anilines is 1. The Morgan fingerprint density at radius 2 is 1.95 bits per heavy atom. The molecule has 0 saturated heterocycles. The van der Waals surface area contributed by atoms with Crippen LogP contribution in [0.2, 0.25) is 0 Å². The van der Waals surface area contributed by atoms with Crippen molar-refractivity contribution in [1.82, 2.24) is 0 Å². The third-order valence-electron chi connectivity index (χ3n) is 4.08. The molecule has 2 rings (SSSR count). The number of hydrogen-bond donors (Lipinski definition) is 2. The molecule has 0 bridgehead atoms. The second kappa shape index (κ2) is 6.20. The summed E-state index contributed by atoms with van der Waals surface area (Å²) in [6.07, 6.45) is 1.69. The fourth-order valence-electron chi connectivity index (χ4n) is 2.86. The van der Waals surface area contributed by atoms with E-state index in [0.717, 1.165) is 24.6 Å². The van der Waals surface area contributed by atoms with Gasteiger partial charge in [0, 0.05) is 6.07 Å². The summed E-state index contributed by atoms with van der Waals surface area (Å²) in [7, 11) is 0. The molecule has 0 aliphatic heterocycles. The number of hydrogen-bond acceptors (Lipinski definition) is 2. The molecule has 1 aliphatic carbocycles. The fraction of sp³-hybridized carbons (Fsp3) is 0.467. The third kappa shape index (κ3) is 3.37. The van der Waals surface area contributed by atoms with Gasteiger partial charge in [-0.1, -0.05) is 13.3 Å². The van der Waals surface area contributed by atoms with Crippen molar-refractivity contribution >= 4 is 17.6 Å². The number of halogens is 2. The van der Waals surface area contributed by atoms with Crippen molar-refractivity contribution < 1.29 is 23.5 Å². The Bertz CT molecular complexity index is 562. The number of carbonyl (C=O) groups excluding carboxylic acids is 1. The number of nitrogens with one attached hydrogen (secondary N) is 1. The lowest BCUT2D eigenvalue weighted by Crippen LogP contribution is -2.30. The van der Waals surface area contributed by atoms with E-state index in [0.29, 0.717) is 12.8 Å². The molecule has 1 fully saturated rings. The van der Waals surface area contributed by atoms with Crippen LogP contribution in [-0.2, 0) is 9.59 Å². The van der Waals surface area contributed by atoms with Crippen LogP contribution in [0.3, 0.4) is 0 Å². The molecule has 21 heavy (non-hydrogen) atoms. The van der Waals surface area contributed by atoms with Gasteiger partial charge in [-0.05, 0) is 30.9 Å². The van der Waals surface area contributed by atoms with Crippen LogP contribution in [-0.4, -0.2) is 17.0 Å². The minimum absolute atomic E-state index is 0.166. The van der Waals surface area contributed by atoms with E-state index in [1.54, 1.807) is 0 Å². The normalized spacial score (nSPS) is 24.8. The highest BCUT2D eigenvalue weighted by atomic mass is 19.1. The molecule has 114 valence electrons. The Kier molecular flexibility index (Phi) is 4.55. The molecule has 1 aromatic rings. The van der Waals surface area contributed by atoms with Crippen LogP contribution in [0.5, 0.6) is 0 Å². The zero-order valence-electron chi connectivity index (χ0n) is 11.6. The first-order valence-electron chi connectivity index (χ1n) is 6.91. The van der Waals surface area contributed by atoms with Crippen LogP contribution in [0.25, 0.3) is 0 Å². The highest BCUT2D eigenvalue weighted by molar-refractivity contribution is 5.95. The molecule has 0 radical (unpaired) electrons. The molecule has 2 N–H and O–H groups in total. The molecular formula is C15H17F2NO3. The maximum atomic E-state index is 13.5. The van der Waals surface area contributed by atoms with Gasteiger partial charge in [-0.2, -0.15) is 0 Å². The second-order valence-electron chi connectivity index (χ2n) is 5.41. The van der Waals surface area contributed by atoms with Crippen molar-refractivity contribution in [1.29, 1.82) is 0 Å². The van der Waals surface area contributed by atoms with E-state index in [4.69, 9.17) is 0 Å². The topological polar surface area (TPSA) is 66.4 Å². The van der Waals surface area contributed by atoms with Crippen LogP contribution >= 0.6 is 0 Å². The van der Waals surface area contributed by atoms with Crippen molar-refractivity contribution in [2.75, 3.05) is 5.32 Å². The molecule has 1 unspecified atom stereocenters. The van der Waals surface area contributed by atoms with Crippen LogP contribution in [0.15, 0.2) is 18.2 Å². The standard InChI is InChI=1S/C15H17F2NO3/c1-2-8-5-10(11(6-8)15(20)21)14(19)18-13-7-9(16)3-4-12(13)17/h3-4,7-8,10-11H,2,5-6H2,1H3,(H,18,19)(H,20,21)/t8?,10-,11+/m0/s1. The summed E-state index contributed by atoms with van der Waals surface area (Å²) in [6.45, 7) is 1.94. The summed E-state index contributed by atoms with van der Waals surface area (Å²) in [5.41, 5.74) is -0.260. The van der Waals surface area contributed by atoms with Gasteiger partial charge in [0.2, 0.25) is 5.91 Å². The van der Waals surface area contributed by atoms with Crippen LogP contribution in [0.1, 0.15) is 26.2 Å². The summed E-state index contributed by atoms with van der Waals surface area (Å²) < 4.78 is 26.6. The van der Waals surface area contributed by atoms with Gasteiger partial charge in [0.25, 0.3) is 0 Å². The van der Waals surface area contributed by atoms with Gasteiger partial charge in [-0.25, -0.2) is 8.78 Å². The Morgan fingerprint density at radius 1 is 1.29 bits per heavy atom. The Morgan fingerprint density at radius 3 is 2.57 bits per heavy atom. The van der Waals surface area contributed by atoms with Crippen LogP contribution in [0, 0.1) is 29.4 Å². The van der Waals surface area contributed by atoms with Gasteiger partial charge in [-0.15, -0.1) is 0 Å². The number of carboxylic acids is 1. The van der Waals surface area contributed by atoms with Crippen molar-refractivity contribution in [3.8, 4) is 0 Å². The molecule has 1 aliphatic rings. The average molecular weight is 297 g/mol. The maximum Gasteiger partial charge on any atom is 0.307 e. The van der Waals surface area contributed by atoms with Gasteiger partial charge in [-0.3, -0.25) is 9.59 Å². The molecule has 3 atom stereocenters. The van der Waals surface area contributed by atoms with Gasteiger partial charge < -0.3 is 10.4 Å². The van der Waals surface area contributed by atoms with Gasteiger partial charge in [0.05, 0.1) is 17.5 Å². The lowest BCUT2D eigenvalue weighted by atomic mass is 9.95. The smallest absolute Gasteiger partial charge is 0.307 e. The molecule has 0 spiro atoms. The first-order chi connectivity index (χ1) is 9.92. The van der Waals surface area contributed by atoms with E-state index >= 15 is 0 Å². The number of carboxylic acid groups (broad SMARTS) is 1. The average Bonchev–Trinajstić information content (AvgIpc) is 2.87. The zero-order chi connectivity index (χ0) is 15.6. The number of carbonyl (C=O) groups is 2. The monoisotopic (exact) mass is 297 g/mol. The quantitative estimate of drug-likeness (QED) is 0.897. The fourth-order valence-corrected chi connectivity index (χ4v) is 2.86. The number of rotatable bonds is 4. The number of aliphatic carboxylic acids is 1. The molecule has 4 nitrogen and oxygen atoms in total. The minimum atomic E-state index is -1.02.